The average molecular weight is 371 g/mol. The van der Waals surface area contributed by atoms with Crippen LogP contribution < -0.4 is 17.2 Å². The lowest BCUT2D eigenvalue weighted by atomic mass is 9.93. The summed E-state index contributed by atoms with van der Waals surface area (Å²) in [6.45, 7) is 3.50. The molecule has 1 aliphatic heterocycles. The molecule has 2 aromatic rings. The fourth-order valence-electron chi connectivity index (χ4n) is 3.91. The van der Waals surface area contributed by atoms with Gasteiger partial charge in [-0.1, -0.05) is 12.1 Å². The van der Waals surface area contributed by atoms with Crippen molar-refractivity contribution in [3.05, 3.63) is 35.5 Å². The number of nitrogen functional groups attached to an aromatic ring is 1. The summed E-state index contributed by atoms with van der Waals surface area (Å²) in [6.07, 6.45) is 3.85. The topological polar surface area (TPSA) is 127 Å². The summed E-state index contributed by atoms with van der Waals surface area (Å²) in [6, 6.07) is 7.59. The predicted molar refractivity (Wildman–Crippen MR) is 109 cm³/mol. The summed E-state index contributed by atoms with van der Waals surface area (Å²) < 4.78 is 2.03. The van der Waals surface area contributed by atoms with Gasteiger partial charge in [-0.3, -0.25) is 10.2 Å². The third-order valence-corrected chi connectivity index (χ3v) is 5.50. The third-order valence-electron chi connectivity index (χ3n) is 5.50. The first-order valence-electron chi connectivity index (χ1n) is 9.72. The van der Waals surface area contributed by atoms with E-state index in [1.165, 1.54) is 0 Å². The minimum Gasteiger partial charge on any atom is -0.384 e. The number of nitrogens with zero attached hydrogens (tertiary/aromatic N) is 2. The molecule has 146 valence electrons. The number of carbonyl (C=O) groups is 1. The summed E-state index contributed by atoms with van der Waals surface area (Å²) in [5.41, 5.74) is 19.3. The van der Waals surface area contributed by atoms with Gasteiger partial charge in [0.2, 0.25) is 0 Å². The van der Waals surface area contributed by atoms with E-state index in [1.54, 1.807) is 0 Å². The van der Waals surface area contributed by atoms with Gasteiger partial charge in [0, 0.05) is 36.1 Å². The Morgan fingerprint density at radius 1 is 1.15 bits per heavy atom. The maximum atomic E-state index is 13.2. The van der Waals surface area contributed by atoms with E-state index >= 15 is 0 Å². The number of nitrogens with one attached hydrogen (secondary N) is 1. The van der Waals surface area contributed by atoms with Crippen molar-refractivity contribution < 1.29 is 4.79 Å². The number of aryl methyl sites for hydroxylation is 1. The maximum Gasteiger partial charge on any atom is 0.270 e. The highest BCUT2D eigenvalue weighted by Gasteiger charge is 2.26. The van der Waals surface area contributed by atoms with E-state index in [0.717, 1.165) is 49.7 Å². The number of fused-ring (bicyclic) bond motifs is 1. The Kier molecular flexibility index (Phi) is 6.13. The Hall–Kier alpha value is -2.38. The number of rotatable bonds is 7. The minimum absolute atomic E-state index is 0.0262. The van der Waals surface area contributed by atoms with Crippen LogP contribution in [0.3, 0.4) is 0 Å². The molecule has 1 aliphatic rings. The fraction of sp³-hybridized carbons (Fsp3) is 0.500. The van der Waals surface area contributed by atoms with Gasteiger partial charge in [-0.2, -0.15) is 0 Å². The summed E-state index contributed by atoms with van der Waals surface area (Å²) in [7, 11) is 0. The summed E-state index contributed by atoms with van der Waals surface area (Å²) >= 11 is 0. The van der Waals surface area contributed by atoms with Crippen molar-refractivity contribution in [2.75, 3.05) is 26.2 Å². The van der Waals surface area contributed by atoms with Crippen LogP contribution in [0.25, 0.3) is 10.9 Å². The van der Waals surface area contributed by atoms with Crippen LogP contribution in [0.4, 0.5) is 0 Å². The van der Waals surface area contributed by atoms with Crippen LogP contribution in [-0.4, -0.2) is 47.4 Å². The van der Waals surface area contributed by atoms with Crippen molar-refractivity contribution in [1.82, 2.24) is 9.47 Å². The zero-order valence-electron chi connectivity index (χ0n) is 15.8. The monoisotopic (exact) mass is 370 g/mol. The molecule has 0 radical (unpaired) electrons. The van der Waals surface area contributed by atoms with Crippen LogP contribution in [0.5, 0.6) is 0 Å². The molecule has 0 atom stereocenters. The molecule has 1 aromatic heterocycles. The molecule has 0 bridgehead atoms. The van der Waals surface area contributed by atoms with E-state index in [1.807, 2.05) is 33.7 Å². The smallest absolute Gasteiger partial charge is 0.270 e. The molecule has 1 fully saturated rings. The van der Waals surface area contributed by atoms with E-state index in [9.17, 15) is 4.79 Å². The third kappa shape index (κ3) is 4.14. The number of hydrogen-bond acceptors (Lipinski definition) is 4. The fourth-order valence-corrected chi connectivity index (χ4v) is 3.91. The van der Waals surface area contributed by atoms with Crippen LogP contribution in [0.2, 0.25) is 0 Å². The van der Waals surface area contributed by atoms with Gasteiger partial charge in [-0.05, 0) is 56.8 Å². The molecule has 1 saturated heterocycles. The normalized spacial score (nSPS) is 15.4. The molecule has 7 heteroatoms. The van der Waals surface area contributed by atoms with Gasteiger partial charge in [-0.25, -0.2) is 0 Å². The lowest BCUT2D eigenvalue weighted by molar-refractivity contribution is 0.0677. The van der Waals surface area contributed by atoms with E-state index in [0.29, 0.717) is 36.8 Å². The number of carbonyl (C=O) groups excluding carboxylic acids is 1. The van der Waals surface area contributed by atoms with E-state index in [2.05, 4.69) is 0 Å². The summed E-state index contributed by atoms with van der Waals surface area (Å²) in [5.74, 6) is 0.720. The van der Waals surface area contributed by atoms with E-state index < -0.39 is 0 Å². The van der Waals surface area contributed by atoms with Gasteiger partial charge in [0.25, 0.3) is 5.91 Å². The first-order valence-corrected chi connectivity index (χ1v) is 9.72. The largest absolute Gasteiger partial charge is 0.384 e. The van der Waals surface area contributed by atoms with Crippen LogP contribution in [-0.2, 0) is 6.54 Å². The number of amidine groups is 1. The average Bonchev–Trinajstić information content (AvgIpc) is 3.04. The molecule has 0 aliphatic carbocycles. The molecule has 1 aromatic carbocycles. The van der Waals surface area contributed by atoms with Gasteiger partial charge >= 0.3 is 0 Å². The zero-order valence-corrected chi connectivity index (χ0v) is 15.8. The molecule has 7 N–H and O–H groups in total. The predicted octanol–water partition coefficient (Wildman–Crippen LogP) is 1.48. The van der Waals surface area contributed by atoms with Crippen LogP contribution in [0, 0.1) is 11.3 Å². The van der Waals surface area contributed by atoms with Gasteiger partial charge in [0.1, 0.15) is 11.5 Å². The van der Waals surface area contributed by atoms with Crippen LogP contribution in [0.1, 0.15) is 41.7 Å². The quantitative estimate of drug-likeness (QED) is 0.435. The number of piperidine rings is 1. The summed E-state index contributed by atoms with van der Waals surface area (Å²) in [5, 5.41) is 8.67. The zero-order chi connectivity index (χ0) is 19.4. The number of benzene rings is 1. The van der Waals surface area contributed by atoms with Crippen molar-refractivity contribution in [2.24, 2.45) is 23.1 Å². The van der Waals surface area contributed by atoms with E-state index in [-0.39, 0.29) is 11.7 Å². The molecule has 0 spiro atoms. The highest BCUT2D eigenvalue weighted by molar-refractivity contribution is 6.02. The molecular formula is C20H30N6O. The second-order valence-corrected chi connectivity index (χ2v) is 7.32. The van der Waals surface area contributed by atoms with Gasteiger partial charge in [-0.15, -0.1) is 0 Å². The second-order valence-electron chi connectivity index (χ2n) is 7.32. The Balaban J connectivity index is 1.90. The molecule has 27 heavy (non-hydrogen) atoms. The van der Waals surface area contributed by atoms with Crippen molar-refractivity contribution in [1.29, 1.82) is 5.41 Å². The van der Waals surface area contributed by atoms with Crippen molar-refractivity contribution in [3.8, 4) is 0 Å². The molecule has 3 rings (SSSR count). The highest BCUT2D eigenvalue weighted by Crippen LogP contribution is 2.26. The van der Waals surface area contributed by atoms with Crippen molar-refractivity contribution in [3.63, 3.8) is 0 Å². The first kappa shape index (κ1) is 19.4. The highest BCUT2D eigenvalue weighted by atomic mass is 16.2. The van der Waals surface area contributed by atoms with Crippen LogP contribution >= 0.6 is 0 Å². The Morgan fingerprint density at radius 2 is 1.89 bits per heavy atom. The molecule has 2 heterocycles. The number of likely N-dealkylation sites (tertiary alicyclic amines) is 1. The molecule has 7 nitrogen and oxygen atoms in total. The van der Waals surface area contributed by atoms with Gasteiger partial charge in [0.15, 0.2) is 0 Å². The lowest BCUT2D eigenvalue weighted by Crippen LogP contribution is -2.39. The lowest BCUT2D eigenvalue weighted by Gasteiger charge is -2.32. The number of amides is 1. The number of aromatic nitrogens is 1. The Labute approximate surface area is 160 Å². The second kappa shape index (κ2) is 8.54. The van der Waals surface area contributed by atoms with Crippen molar-refractivity contribution >= 4 is 22.6 Å². The first-order chi connectivity index (χ1) is 13.0. The Morgan fingerprint density at radius 3 is 2.52 bits per heavy atom. The molecule has 1 amide bonds. The minimum atomic E-state index is 0.0262. The van der Waals surface area contributed by atoms with E-state index in [4.69, 9.17) is 22.6 Å². The molecule has 0 saturated carbocycles. The SMILES string of the molecule is N=C(N)c1ccc2cc(C(=O)N3CCC(CCN)CC3)n(CCCN)c2c1. The number of hydrogen-bond donors (Lipinski definition) is 4. The molecule has 0 unspecified atom stereocenters. The van der Waals surface area contributed by atoms with Crippen LogP contribution in [0.15, 0.2) is 24.3 Å². The number of nitrogens with two attached hydrogens (primary N) is 3. The van der Waals surface area contributed by atoms with Gasteiger partial charge in [0.05, 0.1) is 0 Å². The summed E-state index contributed by atoms with van der Waals surface area (Å²) in [4.78, 5) is 15.2. The standard InChI is InChI=1S/C20H30N6O/c21-7-1-9-26-17-13-16(19(23)24)3-2-15(17)12-18(26)20(27)25-10-5-14(4-8-22)6-11-25/h2-3,12-14H,1,4-11,21-22H2,(H3,23,24). The molecular weight excluding hydrogens is 340 g/mol. The van der Waals surface area contributed by atoms with Gasteiger partial charge < -0.3 is 26.7 Å². The Bertz CT molecular complexity index is 819. The maximum absolute atomic E-state index is 13.2. The van der Waals surface area contributed by atoms with Crippen molar-refractivity contribution in [2.45, 2.75) is 32.2 Å².